The van der Waals surface area contributed by atoms with Crippen molar-refractivity contribution in [2.75, 3.05) is 0 Å². The molecule has 0 N–H and O–H groups in total. The van der Waals surface area contributed by atoms with E-state index in [1.165, 1.54) is 0 Å². The Kier molecular flexibility index (Phi) is 4.42. The number of sulfonamides is 1. The summed E-state index contributed by atoms with van der Waals surface area (Å²) in [5.41, 5.74) is 1.95. The first kappa shape index (κ1) is 15.4. The molecule has 104 valence electrons. The topological polar surface area (TPSA) is 46.5 Å². The van der Waals surface area contributed by atoms with Crippen molar-refractivity contribution in [3.8, 4) is 0 Å². The van der Waals surface area contributed by atoms with Gasteiger partial charge >= 0.3 is 0 Å². The van der Waals surface area contributed by atoms with Crippen LogP contribution < -0.4 is 0 Å². The fraction of sp³-hybridized carbons (Fsp3) is 0.786. The van der Waals surface area contributed by atoms with Crippen LogP contribution in [0.15, 0.2) is 16.5 Å². The summed E-state index contributed by atoms with van der Waals surface area (Å²) in [6.07, 6.45) is 2.83. The van der Waals surface area contributed by atoms with Gasteiger partial charge in [0.1, 0.15) is 0 Å². The number of rotatable bonds is 2. The molecule has 0 aromatic heterocycles. The van der Waals surface area contributed by atoms with Crippen LogP contribution in [0, 0.1) is 11.8 Å². The van der Waals surface area contributed by atoms with Crippen LogP contribution in [0.1, 0.15) is 53.9 Å². The van der Waals surface area contributed by atoms with Crippen molar-refractivity contribution in [1.82, 2.24) is 0 Å². The smallest absolute Gasteiger partial charge is 0.204 e. The number of allylic oxidation sites excluding steroid dienone is 1. The second kappa shape index (κ2) is 5.16. The van der Waals surface area contributed by atoms with Gasteiger partial charge in [-0.3, -0.25) is 0 Å². The second-order valence-electron chi connectivity index (χ2n) is 6.40. The first-order valence-electron chi connectivity index (χ1n) is 6.53. The molecule has 18 heavy (non-hydrogen) atoms. The highest BCUT2D eigenvalue weighted by atomic mass is 32.2. The molecule has 1 aliphatic carbocycles. The fourth-order valence-corrected chi connectivity index (χ4v) is 2.85. The molecular weight excluding hydrogens is 246 g/mol. The van der Waals surface area contributed by atoms with Crippen molar-refractivity contribution in [3.63, 3.8) is 0 Å². The third kappa shape index (κ3) is 3.44. The molecule has 0 aromatic rings. The van der Waals surface area contributed by atoms with Gasteiger partial charge in [0.05, 0.1) is 4.75 Å². The Labute approximate surface area is 111 Å². The Morgan fingerprint density at radius 1 is 1.33 bits per heavy atom. The molecule has 0 bridgehead atoms. The van der Waals surface area contributed by atoms with Gasteiger partial charge < -0.3 is 0 Å². The molecule has 0 saturated heterocycles. The molecule has 0 aliphatic heterocycles. The first-order chi connectivity index (χ1) is 8.04. The molecule has 1 fully saturated rings. The Morgan fingerprint density at radius 2 is 1.89 bits per heavy atom. The van der Waals surface area contributed by atoms with Crippen LogP contribution in [-0.2, 0) is 10.0 Å². The van der Waals surface area contributed by atoms with Crippen LogP contribution in [0.25, 0.3) is 0 Å². The summed E-state index contributed by atoms with van der Waals surface area (Å²) in [5.74, 6) is 0.646. The molecule has 3 nitrogen and oxygen atoms in total. The van der Waals surface area contributed by atoms with Crippen LogP contribution in [0.3, 0.4) is 0 Å². The summed E-state index contributed by atoms with van der Waals surface area (Å²) >= 11 is 0. The Balaban J connectivity index is 3.03. The molecule has 0 amide bonds. The van der Waals surface area contributed by atoms with Crippen LogP contribution in [-0.4, -0.2) is 18.9 Å². The van der Waals surface area contributed by atoms with Gasteiger partial charge in [-0.15, -0.1) is 0 Å². The van der Waals surface area contributed by atoms with Gasteiger partial charge in [-0.1, -0.05) is 19.1 Å². The van der Waals surface area contributed by atoms with Gasteiger partial charge in [0.25, 0.3) is 10.0 Å². The summed E-state index contributed by atoms with van der Waals surface area (Å²) in [4.78, 5) is 0. The molecule has 4 heteroatoms. The SMILES string of the molecule is C=C(C)[C@H]1CC[C@H](C)/C(=N/S(=O)(=O)C(C)(C)C)C1. The summed E-state index contributed by atoms with van der Waals surface area (Å²) in [6.45, 7) is 13.1. The summed E-state index contributed by atoms with van der Waals surface area (Å²) in [7, 11) is -3.42. The van der Waals surface area contributed by atoms with Crippen molar-refractivity contribution < 1.29 is 8.42 Å². The van der Waals surface area contributed by atoms with E-state index in [1.54, 1.807) is 20.8 Å². The molecule has 1 saturated carbocycles. The van der Waals surface area contributed by atoms with E-state index < -0.39 is 14.8 Å². The monoisotopic (exact) mass is 271 g/mol. The van der Waals surface area contributed by atoms with E-state index in [-0.39, 0.29) is 5.92 Å². The predicted molar refractivity (Wildman–Crippen MR) is 77.4 cm³/mol. The van der Waals surface area contributed by atoms with Crippen LogP contribution >= 0.6 is 0 Å². The van der Waals surface area contributed by atoms with E-state index in [9.17, 15) is 8.42 Å². The van der Waals surface area contributed by atoms with Crippen LogP contribution in [0.2, 0.25) is 0 Å². The van der Waals surface area contributed by atoms with Crippen LogP contribution in [0.5, 0.6) is 0 Å². The highest BCUT2D eigenvalue weighted by Gasteiger charge is 2.32. The van der Waals surface area contributed by atoms with Crippen molar-refractivity contribution in [3.05, 3.63) is 12.2 Å². The maximum Gasteiger partial charge on any atom is 0.257 e. The molecule has 1 aliphatic rings. The third-order valence-electron chi connectivity index (χ3n) is 3.68. The maximum atomic E-state index is 12.1. The molecule has 0 aromatic carbocycles. The number of hydrogen-bond donors (Lipinski definition) is 0. The van der Waals surface area contributed by atoms with E-state index in [0.717, 1.165) is 30.5 Å². The summed E-state index contributed by atoms with van der Waals surface area (Å²) in [6, 6.07) is 0. The molecular formula is C14H25NO2S. The standard InChI is InChI=1S/C14H25NO2S/c1-10(2)12-8-7-11(3)13(9-12)15-18(16,17)14(4,5)6/h11-12H,1,7-9H2,2-6H3/b15-13+/t11-,12-/m0/s1. The Morgan fingerprint density at radius 3 is 2.33 bits per heavy atom. The van der Waals surface area contributed by atoms with Crippen molar-refractivity contribution in [1.29, 1.82) is 0 Å². The average Bonchev–Trinajstić information content (AvgIpc) is 2.18. The minimum atomic E-state index is -3.42. The average molecular weight is 271 g/mol. The van der Waals surface area contributed by atoms with E-state index in [0.29, 0.717) is 5.92 Å². The molecule has 0 heterocycles. The van der Waals surface area contributed by atoms with Gasteiger partial charge in [0.15, 0.2) is 0 Å². The minimum Gasteiger partial charge on any atom is -0.204 e. The Bertz CT molecular complexity index is 455. The van der Waals surface area contributed by atoms with E-state index in [4.69, 9.17) is 0 Å². The normalized spacial score (nSPS) is 28.4. The number of hydrogen-bond acceptors (Lipinski definition) is 2. The predicted octanol–water partition coefficient (Wildman–Crippen LogP) is 3.57. The van der Waals surface area contributed by atoms with Gasteiger partial charge in [-0.25, -0.2) is 8.42 Å². The lowest BCUT2D eigenvalue weighted by Crippen LogP contribution is -2.30. The first-order valence-corrected chi connectivity index (χ1v) is 7.97. The number of nitrogens with zero attached hydrogens (tertiary/aromatic N) is 1. The van der Waals surface area contributed by atoms with Gasteiger partial charge in [0, 0.05) is 5.71 Å². The van der Waals surface area contributed by atoms with Crippen molar-refractivity contribution in [2.24, 2.45) is 16.2 Å². The van der Waals surface area contributed by atoms with Crippen molar-refractivity contribution >= 4 is 15.7 Å². The maximum absolute atomic E-state index is 12.1. The zero-order valence-electron chi connectivity index (χ0n) is 12.2. The zero-order chi connectivity index (χ0) is 14.1. The molecule has 2 atom stereocenters. The highest BCUT2D eigenvalue weighted by molar-refractivity contribution is 7.91. The van der Waals surface area contributed by atoms with E-state index >= 15 is 0 Å². The van der Waals surface area contributed by atoms with Gasteiger partial charge in [0.2, 0.25) is 0 Å². The molecule has 0 unspecified atom stereocenters. The van der Waals surface area contributed by atoms with Crippen LogP contribution in [0.4, 0.5) is 0 Å². The lowest BCUT2D eigenvalue weighted by Gasteiger charge is -2.29. The van der Waals surface area contributed by atoms with E-state index in [1.807, 2.05) is 6.92 Å². The lowest BCUT2D eigenvalue weighted by molar-refractivity contribution is 0.464. The minimum absolute atomic E-state index is 0.262. The zero-order valence-corrected chi connectivity index (χ0v) is 13.0. The highest BCUT2D eigenvalue weighted by Crippen LogP contribution is 2.32. The summed E-state index contributed by atoms with van der Waals surface area (Å²) in [5, 5.41) is 0. The molecule has 0 radical (unpaired) electrons. The Hall–Kier alpha value is -0.640. The quantitative estimate of drug-likeness (QED) is 0.721. The molecule has 1 rings (SSSR count). The third-order valence-corrected chi connectivity index (χ3v) is 5.70. The largest absolute Gasteiger partial charge is 0.257 e. The van der Waals surface area contributed by atoms with Gasteiger partial charge in [-0.2, -0.15) is 4.40 Å². The fourth-order valence-electron chi connectivity index (χ4n) is 2.01. The van der Waals surface area contributed by atoms with Gasteiger partial charge in [-0.05, 0) is 58.8 Å². The van der Waals surface area contributed by atoms with Crippen molar-refractivity contribution in [2.45, 2.75) is 58.6 Å². The molecule has 0 spiro atoms. The second-order valence-corrected chi connectivity index (χ2v) is 8.75. The summed E-state index contributed by atoms with van der Waals surface area (Å²) < 4.78 is 27.5. The van der Waals surface area contributed by atoms with E-state index in [2.05, 4.69) is 17.9 Å². The lowest BCUT2D eigenvalue weighted by atomic mass is 9.79.